The molecule has 118 valence electrons. The van der Waals surface area contributed by atoms with Gasteiger partial charge in [-0.3, -0.25) is 0 Å². The summed E-state index contributed by atoms with van der Waals surface area (Å²) < 4.78 is 0. The average Bonchev–Trinajstić information content (AvgIpc) is 3.25. The third kappa shape index (κ3) is 3.98. The van der Waals surface area contributed by atoms with Crippen molar-refractivity contribution in [2.45, 2.75) is 83.8 Å². The topological polar surface area (TPSA) is 28.2 Å². The van der Waals surface area contributed by atoms with E-state index in [1.54, 1.807) is 0 Å². The first-order valence-corrected chi connectivity index (χ1v) is 9.58. The molecule has 4 heteroatoms. The van der Waals surface area contributed by atoms with Crippen LogP contribution in [0.3, 0.4) is 0 Å². The Morgan fingerprint density at radius 3 is 2.86 bits per heavy atom. The van der Waals surface area contributed by atoms with Crippen LogP contribution < -0.4 is 10.2 Å². The highest BCUT2D eigenvalue weighted by molar-refractivity contribution is 7.15. The summed E-state index contributed by atoms with van der Waals surface area (Å²) in [5.74, 6) is 0. The lowest BCUT2D eigenvalue weighted by molar-refractivity contribution is 0.614. The zero-order chi connectivity index (χ0) is 14.7. The minimum absolute atomic E-state index is 0.650. The van der Waals surface area contributed by atoms with Crippen LogP contribution in [0.1, 0.15) is 69.4 Å². The van der Waals surface area contributed by atoms with Gasteiger partial charge in [0.15, 0.2) is 5.13 Å². The first-order valence-electron chi connectivity index (χ1n) is 8.76. The molecule has 0 aromatic carbocycles. The fraction of sp³-hybridized carbons (Fsp3) is 0.824. The molecule has 1 N–H and O–H groups in total. The van der Waals surface area contributed by atoms with Crippen molar-refractivity contribution in [3.8, 4) is 0 Å². The summed E-state index contributed by atoms with van der Waals surface area (Å²) >= 11 is 1.94. The van der Waals surface area contributed by atoms with Gasteiger partial charge in [0, 0.05) is 30.1 Å². The van der Waals surface area contributed by atoms with Gasteiger partial charge in [0.05, 0.1) is 5.69 Å². The molecule has 0 spiro atoms. The highest BCUT2D eigenvalue weighted by Gasteiger charge is 2.24. The SMILES string of the molecule is CCCc1nc(N2CCCCCC2C)sc1CNC1CC1. The molecule has 1 saturated carbocycles. The maximum Gasteiger partial charge on any atom is 0.186 e. The van der Waals surface area contributed by atoms with E-state index >= 15 is 0 Å². The van der Waals surface area contributed by atoms with E-state index in [1.807, 2.05) is 11.3 Å². The molecule has 1 aromatic heterocycles. The average molecular weight is 308 g/mol. The number of thiazole rings is 1. The summed E-state index contributed by atoms with van der Waals surface area (Å²) in [5.41, 5.74) is 1.35. The van der Waals surface area contributed by atoms with E-state index in [0.717, 1.165) is 19.0 Å². The van der Waals surface area contributed by atoms with Crippen molar-refractivity contribution >= 4 is 16.5 Å². The van der Waals surface area contributed by atoms with Crippen molar-refractivity contribution in [3.05, 3.63) is 10.6 Å². The molecule has 21 heavy (non-hydrogen) atoms. The van der Waals surface area contributed by atoms with E-state index in [0.29, 0.717) is 6.04 Å². The van der Waals surface area contributed by atoms with Gasteiger partial charge in [0.25, 0.3) is 0 Å². The summed E-state index contributed by atoms with van der Waals surface area (Å²) in [5, 5.41) is 4.94. The number of aryl methyl sites for hydroxylation is 1. The third-order valence-electron chi connectivity index (χ3n) is 4.68. The molecule has 3 nitrogen and oxygen atoms in total. The number of hydrogen-bond acceptors (Lipinski definition) is 4. The minimum Gasteiger partial charge on any atom is -0.345 e. The maximum atomic E-state index is 5.02. The molecule has 1 atom stereocenters. The van der Waals surface area contributed by atoms with Gasteiger partial charge < -0.3 is 10.2 Å². The highest BCUT2D eigenvalue weighted by Crippen LogP contribution is 2.32. The van der Waals surface area contributed by atoms with E-state index in [4.69, 9.17) is 4.98 Å². The van der Waals surface area contributed by atoms with Crippen LogP contribution in [0.15, 0.2) is 0 Å². The molecule has 2 heterocycles. The van der Waals surface area contributed by atoms with E-state index in [2.05, 4.69) is 24.1 Å². The van der Waals surface area contributed by atoms with Crippen LogP contribution in [0.2, 0.25) is 0 Å². The summed E-state index contributed by atoms with van der Waals surface area (Å²) in [6, 6.07) is 1.43. The Kier molecular flexibility index (Phi) is 5.17. The van der Waals surface area contributed by atoms with Gasteiger partial charge >= 0.3 is 0 Å². The summed E-state index contributed by atoms with van der Waals surface area (Å²) in [6.07, 6.45) is 10.4. The number of aromatic nitrogens is 1. The lowest BCUT2D eigenvalue weighted by Crippen LogP contribution is -2.32. The molecular formula is C17H29N3S. The third-order valence-corrected chi connectivity index (χ3v) is 5.82. The molecule has 1 aromatic rings. The molecule has 2 aliphatic rings. The predicted octanol–water partition coefficient (Wildman–Crippen LogP) is 4.12. The van der Waals surface area contributed by atoms with Crippen molar-refractivity contribution in [2.24, 2.45) is 0 Å². The fourth-order valence-electron chi connectivity index (χ4n) is 3.15. The number of rotatable bonds is 6. The van der Waals surface area contributed by atoms with Crippen LogP contribution >= 0.6 is 11.3 Å². The molecule has 1 aliphatic carbocycles. The Balaban J connectivity index is 1.74. The van der Waals surface area contributed by atoms with Crippen LogP contribution in [-0.2, 0) is 13.0 Å². The lowest BCUT2D eigenvalue weighted by atomic mass is 10.1. The van der Waals surface area contributed by atoms with E-state index in [9.17, 15) is 0 Å². The zero-order valence-corrected chi connectivity index (χ0v) is 14.3. The first-order chi connectivity index (χ1) is 10.3. The summed E-state index contributed by atoms with van der Waals surface area (Å²) in [4.78, 5) is 9.07. The standard InChI is InChI=1S/C17H29N3S/c1-3-7-15-16(12-18-14-9-10-14)21-17(19-15)20-11-6-4-5-8-13(20)2/h13-14,18H,3-12H2,1-2H3. The predicted molar refractivity (Wildman–Crippen MR) is 91.2 cm³/mol. The van der Waals surface area contributed by atoms with Crippen molar-refractivity contribution < 1.29 is 0 Å². The van der Waals surface area contributed by atoms with Crippen LogP contribution in [-0.4, -0.2) is 23.6 Å². The Morgan fingerprint density at radius 1 is 1.24 bits per heavy atom. The Labute approximate surface area is 133 Å². The van der Waals surface area contributed by atoms with Gasteiger partial charge in [-0.2, -0.15) is 0 Å². The van der Waals surface area contributed by atoms with E-state index < -0.39 is 0 Å². The van der Waals surface area contributed by atoms with Crippen molar-refractivity contribution in [1.29, 1.82) is 0 Å². The van der Waals surface area contributed by atoms with Gasteiger partial charge in [-0.25, -0.2) is 4.98 Å². The molecular weight excluding hydrogens is 278 g/mol. The van der Waals surface area contributed by atoms with Gasteiger partial charge in [-0.05, 0) is 39.0 Å². The van der Waals surface area contributed by atoms with Crippen LogP contribution in [0.5, 0.6) is 0 Å². The largest absolute Gasteiger partial charge is 0.345 e. The van der Waals surface area contributed by atoms with Crippen LogP contribution in [0.4, 0.5) is 5.13 Å². The normalized spacial score (nSPS) is 23.3. The first kappa shape index (κ1) is 15.3. The molecule has 0 bridgehead atoms. The number of hydrogen-bond donors (Lipinski definition) is 1. The quantitative estimate of drug-likeness (QED) is 0.857. The maximum absolute atomic E-state index is 5.02. The molecule has 0 amide bonds. The molecule has 1 unspecified atom stereocenters. The number of nitrogens with one attached hydrogen (secondary N) is 1. The molecule has 3 rings (SSSR count). The number of nitrogens with zero attached hydrogens (tertiary/aromatic N) is 2. The Bertz CT molecular complexity index is 453. The molecule has 1 aliphatic heterocycles. The second-order valence-corrected chi connectivity index (χ2v) is 7.73. The lowest BCUT2D eigenvalue weighted by Gasteiger charge is -2.26. The van der Waals surface area contributed by atoms with Gasteiger partial charge in [-0.1, -0.05) is 26.2 Å². The van der Waals surface area contributed by atoms with Crippen LogP contribution in [0, 0.1) is 0 Å². The fourth-order valence-corrected chi connectivity index (χ4v) is 4.33. The molecule has 1 saturated heterocycles. The highest BCUT2D eigenvalue weighted by atomic mass is 32.1. The second kappa shape index (κ2) is 7.10. The monoisotopic (exact) mass is 307 g/mol. The van der Waals surface area contributed by atoms with Crippen molar-refractivity contribution in [3.63, 3.8) is 0 Å². The van der Waals surface area contributed by atoms with Gasteiger partial charge in [0.1, 0.15) is 0 Å². The van der Waals surface area contributed by atoms with Crippen molar-refractivity contribution in [2.75, 3.05) is 11.4 Å². The summed E-state index contributed by atoms with van der Waals surface area (Å²) in [7, 11) is 0. The smallest absolute Gasteiger partial charge is 0.186 e. The zero-order valence-electron chi connectivity index (χ0n) is 13.5. The minimum atomic E-state index is 0.650. The van der Waals surface area contributed by atoms with E-state index in [1.165, 1.54) is 67.2 Å². The molecule has 0 radical (unpaired) electrons. The van der Waals surface area contributed by atoms with Crippen molar-refractivity contribution in [1.82, 2.24) is 10.3 Å². The Morgan fingerprint density at radius 2 is 2.10 bits per heavy atom. The van der Waals surface area contributed by atoms with Crippen LogP contribution in [0.25, 0.3) is 0 Å². The Hall–Kier alpha value is -0.610. The number of anilines is 1. The summed E-state index contributed by atoms with van der Waals surface area (Å²) in [6.45, 7) is 6.84. The van der Waals surface area contributed by atoms with Gasteiger partial charge in [-0.15, -0.1) is 11.3 Å². The van der Waals surface area contributed by atoms with E-state index in [-0.39, 0.29) is 0 Å². The van der Waals surface area contributed by atoms with Gasteiger partial charge in [0.2, 0.25) is 0 Å². The second-order valence-electron chi connectivity index (χ2n) is 6.66. The molecule has 2 fully saturated rings.